The Balaban J connectivity index is 1.50. The summed E-state index contributed by atoms with van der Waals surface area (Å²) in [4.78, 5) is 16.9. The maximum atomic E-state index is 12.9. The molecule has 1 amide bonds. The van der Waals surface area contributed by atoms with Crippen LogP contribution >= 0.6 is 22.6 Å². The van der Waals surface area contributed by atoms with Crippen molar-refractivity contribution < 1.29 is 19.4 Å². The van der Waals surface area contributed by atoms with Crippen molar-refractivity contribution in [3.8, 4) is 0 Å². The van der Waals surface area contributed by atoms with Gasteiger partial charge in [0, 0.05) is 22.1 Å². The van der Waals surface area contributed by atoms with E-state index in [0.29, 0.717) is 18.7 Å². The molecule has 7 heteroatoms. The molecule has 0 saturated carbocycles. The van der Waals surface area contributed by atoms with Gasteiger partial charge >= 0.3 is 0 Å². The van der Waals surface area contributed by atoms with Crippen LogP contribution in [-0.4, -0.2) is 22.3 Å². The lowest BCUT2D eigenvalue weighted by Gasteiger charge is -2.29. The topological polar surface area (TPSA) is 80.7 Å². The summed E-state index contributed by atoms with van der Waals surface area (Å²) < 4.78 is 13.1. The molecule has 2 heterocycles. The first-order valence-electron chi connectivity index (χ1n) is 10.3. The highest BCUT2D eigenvalue weighted by atomic mass is 127. The Bertz CT molecular complexity index is 1070. The molecule has 0 fully saturated rings. The lowest BCUT2D eigenvalue weighted by Crippen LogP contribution is -2.29. The van der Waals surface area contributed by atoms with Gasteiger partial charge in [-0.2, -0.15) is 0 Å². The molecule has 1 aliphatic heterocycles. The van der Waals surface area contributed by atoms with Crippen LogP contribution in [0.3, 0.4) is 0 Å². The number of aromatic nitrogens is 1. The monoisotopic (exact) mass is 542 g/mol. The predicted octanol–water partition coefficient (Wildman–Crippen LogP) is 4.75. The zero-order chi connectivity index (χ0) is 22.3. The van der Waals surface area contributed by atoms with Crippen LogP contribution in [-0.2, 0) is 27.5 Å². The van der Waals surface area contributed by atoms with Crippen molar-refractivity contribution in [3.05, 3.63) is 105 Å². The second kappa shape index (κ2) is 10.7. The van der Waals surface area contributed by atoms with Crippen LogP contribution in [0.5, 0.6) is 0 Å². The fraction of sp³-hybridized carbons (Fsp3) is 0.200. The Kier molecular flexibility index (Phi) is 7.51. The van der Waals surface area contributed by atoms with Crippen LogP contribution in [0.1, 0.15) is 29.0 Å². The summed E-state index contributed by atoms with van der Waals surface area (Å²) in [5.41, 5.74) is 3.51. The summed E-state index contributed by atoms with van der Waals surface area (Å²) in [5.74, 6) is -0.129. The molecule has 0 aliphatic carbocycles. The fourth-order valence-electron chi connectivity index (χ4n) is 3.42. The molecule has 1 aromatic heterocycles. The number of aliphatic hydroxyl groups is 1. The minimum Gasteiger partial charge on any atom is -0.459 e. The van der Waals surface area contributed by atoms with Crippen molar-refractivity contribution in [2.45, 2.75) is 31.8 Å². The molecule has 4 rings (SSSR count). The van der Waals surface area contributed by atoms with Crippen molar-refractivity contribution in [2.75, 3.05) is 5.32 Å². The number of rotatable bonds is 7. The quantitative estimate of drug-likeness (QED) is 0.422. The van der Waals surface area contributed by atoms with Crippen molar-refractivity contribution >= 4 is 34.2 Å². The largest absolute Gasteiger partial charge is 0.459 e. The number of ether oxygens (including phenoxy) is 2. The summed E-state index contributed by atoms with van der Waals surface area (Å²) in [6.45, 7) is 0.345. The highest BCUT2D eigenvalue weighted by molar-refractivity contribution is 14.1. The lowest BCUT2D eigenvalue weighted by molar-refractivity contribution is -0.147. The fourth-order valence-corrected chi connectivity index (χ4v) is 3.78. The Morgan fingerprint density at radius 2 is 1.88 bits per heavy atom. The third kappa shape index (κ3) is 5.93. The minimum absolute atomic E-state index is 0.00473. The van der Waals surface area contributed by atoms with Gasteiger partial charge in [-0.25, -0.2) is 0 Å². The van der Waals surface area contributed by atoms with Gasteiger partial charge in [0.1, 0.15) is 0 Å². The zero-order valence-corrected chi connectivity index (χ0v) is 19.4. The summed E-state index contributed by atoms with van der Waals surface area (Å²) in [7, 11) is 0. The molecule has 3 aromatic rings. The van der Waals surface area contributed by atoms with E-state index in [1.54, 1.807) is 24.5 Å². The first-order chi connectivity index (χ1) is 15.6. The van der Waals surface area contributed by atoms with Gasteiger partial charge in [0.25, 0.3) is 5.91 Å². The van der Waals surface area contributed by atoms with Crippen LogP contribution in [0.15, 0.2) is 84.9 Å². The number of allylic oxidation sites excluding steroid dienone is 1. The SMILES string of the molecule is O=C(Nc1cccnc1)C1=C[C@H](c2ccc(I)cc2)C[C@H](OCc2ccc(CO)cc2)O1. The van der Waals surface area contributed by atoms with Gasteiger partial charge in [-0.1, -0.05) is 36.4 Å². The molecule has 0 unspecified atom stereocenters. The van der Waals surface area contributed by atoms with Crippen LogP contribution in [0.4, 0.5) is 5.69 Å². The molecule has 6 nitrogen and oxygen atoms in total. The Labute approximate surface area is 200 Å². The third-order valence-electron chi connectivity index (χ3n) is 5.14. The molecule has 0 bridgehead atoms. The first kappa shape index (κ1) is 22.4. The first-order valence-corrected chi connectivity index (χ1v) is 11.3. The molecular weight excluding hydrogens is 519 g/mol. The number of amides is 1. The molecule has 2 aromatic carbocycles. The van der Waals surface area contributed by atoms with Crippen molar-refractivity contribution in [3.63, 3.8) is 0 Å². The summed E-state index contributed by atoms with van der Waals surface area (Å²) >= 11 is 2.27. The van der Waals surface area contributed by atoms with Gasteiger partial charge in [0.15, 0.2) is 5.76 Å². The second-order valence-corrected chi connectivity index (χ2v) is 8.70. The number of pyridine rings is 1. The molecular formula is C25H23IN2O4. The number of carbonyl (C=O) groups excluding carboxylic acids is 1. The Morgan fingerprint density at radius 3 is 2.56 bits per heavy atom. The second-order valence-electron chi connectivity index (χ2n) is 7.45. The van der Waals surface area contributed by atoms with E-state index in [9.17, 15) is 9.90 Å². The van der Waals surface area contributed by atoms with Gasteiger partial charge in [0.05, 0.1) is 25.1 Å². The maximum absolute atomic E-state index is 12.9. The average molecular weight is 542 g/mol. The number of nitrogens with one attached hydrogen (secondary N) is 1. The highest BCUT2D eigenvalue weighted by Crippen LogP contribution is 2.32. The third-order valence-corrected chi connectivity index (χ3v) is 5.86. The van der Waals surface area contributed by atoms with Crippen LogP contribution < -0.4 is 5.32 Å². The molecule has 0 spiro atoms. The Hall–Kier alpha value is -2.75. The van der Waals surface area contributed by atoms with Gasteiger partial charge < -0.3 is 19.9 Å². The van der Waals surface area contributed by atoms with Crippen molar-refractivity contribution in [1.82, 2.24) is 4.98 Å². The van der Waals surface area contributed by atoms with Crippen LogP contribution in [0.25, 0.3) is 0 Å². The van der Waals surface area contributed by atoms with E-state index in [0.717, 1.165) is 20.3 Å². The van der Waals surface area contributed by atoms with Crippen LogP contribution in [0.2, 0.25) is 0 Å². The van der Waals surface area contributed by atoms with E-state index in [1.807, 2.05) is 42.5 Å². The standard InChI is InChI=1S/C25H23IN2O4/c26-21-9-7-19(8-10-21)20-12-23(25(30)28-22-2-1-11-27-14-22)32-24(13-20)31-16-18-5-3-17(15-29)4-6-18/h1-12,14,20,24,29H,13,15-16H2,(H,28,30)/t20-,24+/m0/s1. The van der Waals surface area contributed by atoms with Crippen molar-refractivity contribution in [1.29, 1.82) is 0 Å². The van der Waals surface area contributed by atoms with Crippen molar-refractivity contribution in [2.24, 2.45) is 0 Å². The number of benzene rings is 2. The number of hydrogen-bond acceptors (Lipinski definition) is 5. The summed E-state index contributed by atoms with van der Waals surface area (Å²) in [6.07, 6.45) is 5.11. The minimum atomic E-state index is -0.573. The van der Waals surface area contributed by atoms with Gasteiger partial charge in [-0.05, 0) is 69.6 Å². The summed E-state index contributed by atoms with van der Waals surface area (Å²) in [6, 6.07) is 19.3. The number of nitrogens with zero attached hydrogens (tertiary/aromatic N) is 1. The highest BCUT2D eigenvalue weighted by Gasteiger charge is 2.29. The smallest absolute Gasteiger partial charge is 0.290 e. The van der Waals surface area contributed by atoms with E-state index < -0.39 is 6.29 Å². The molecule has 0 radical (unpaired) electrons. The van der Waals surface area contributed by atoms with Gasteiger partial charge in [-0.15, -0.1) is 0 Å². The molecule has 1 aliphatic rings. The number of hydrogen-bond donors (Lipinski definition) is 2. The van der Waals surface area contributed by atoms with Crippen LogP contribution in [0, 0.1) is 3.57 Å². The predicted molar refractivity (Wildman–Crippen MR) is 129 cm³/mol. The maximum Gasteiger partial charge on any atom is 0.290 e. The number of carbonyl (C=O) groups is 1. The van der Waals surface area contributed by atoms with Gasteiger partial charge in [-0.3, -0.25) is 9.78 Å². The number of halogens is 1. The average Bonchev–Trinajstić information content (AvgIpc) is 2.84. The molecule has 164 valence electrons. The van der Waals surface area contributed by atoms with Gasteiger partial charge in [0.2, 0.25) is 6.29 Å². The van der Waals surface area contributed by atoms with E-state index in [2.05, 4.69) is 45.0 Å². The molecule has 2 N–H and O–H groups in total. The lowest BCUT2D eigenvalue weighted by atomic mass is 9.93. The molecule has 2 atom stereocenters. The van der Waals surface area contributed by atoms with E-state index in [1.165, 1.54) is 0 Å². The Morgan fingerprint density at radius 1 is 1.12 bits per heavy atom. The van der Waals surface area contributed by atoms with E-state index in [4.69, 9.17) is 9.47 Å². The number of anilines is 1. The zero-order valence-electron chi connectivity index (χ0n) is 17.3. The van der Waals surface area contributed by atoms with E-state index in [-0.39, 0.29) is 24.2 Å². The van der Waals surface area contributed by atoms with E-state index >= 15 is 0 Å². The molecule has 0 saturated heterocycles. The molecule has 32 heavy (non-hydrogen) atoms. The number of aliphatic hydroxyl groups excluding tert-OH is 1. The normalized spacial score (nSPS) is 17.9. The summed E-state index contributed by atoms with van der Waals surface area (Å²) in [5, 5.41) is 12.0.